The van der Waals surface area contributed by atoms with Crippen LogP contribution in [0.4, 0.5) is 0 Å². The molecule has 0 saturated heterocycles. The molecule has 0 aliphatic carbocycles. The molecule has 0 atom stereocenters. The lowest BCUT2D eigenvalue weighted by atomic mass is 10.2. The second kappa shape index (κ2) is 3.37. The third-order valence-electron chi connectivity index (χ3n) is 1.98. The smallest absolute Gasteiger partial charge is 0.146 e. The Morgan fingerprint density at radius 2 is 2.00 bits per heavy atom. The quantitative estimate of drug-likeness (QED) is 0.750. The molecule has 0 unspecified atom stereocenters. The molecular formula is C9H5Br2N3. The van der Waals surface area contributed by atoms with Gasteiger partial charge in [0.1, 0.15) is 11.8 Å². The first-order chi connectivity index (χ1) is 6.63. The number of nitrogens with zero attached hydrogens (tertiary/aromatic N) is 3. The number of fused-ring (bicyclic) bond motifs is 1. The summed E-state index contributed by atoms with van der Waals surface area (Å²) in [6.45, 7) is 0. The SMILES string of the molecule is Cn1nc2cc(Br)c(Br)cc2c1C#N. The highest BCUT2D eigenvalue weighted by atomic mass is 79.9. The first-order valence-corrected chi connectivity index (χ1v) is 5.44. The topological polar surface area (TPSA) is 41.6 Å². The maximum absolute atomic E-state index is 8.93. The van der Waals surface area contributed by atoms with Crippen LogP contribution in [-0.4, -0.2) is 9.78 Å². The Balaban J connectivity index is 2.91. The molecule has 1 aromatic carbocycles. The summed E-state index contributed by atoms with van der Waals surface area (Å²) in [6, 6.07) is 5.91. The summed E-state index contributed by atoms with van der Waals surface area (Å²) < 4.78 is 3.45. The van der Waals surface area contributed by atoms with Gasteiger partial charge in [0.15, 0.2) is 0 Å². The molecule has 0 bridgehead atoms. The fourth-order valence-corrected chi connectivity index (χ4v) is 2.00. The van der Waals surface area contributed by atoms with Gasteiger partial charge in [-0.1, -0.05) is 0 Å². The lowest BCUT2D eigenvalue weighted by Crippen LogP contribution is -1.92. The van der Waals surface area contributed by atoms with Crippen molar-refractivity contribution in [2.24, 2.45) is 7.05 Å². The molecule has 0 fully saturated rings. The van der Waals surface area contributed by atoms with Crippen molar-refractivity contribution in [3.8, 4) is 6.07 Å². The molecule has 0 amide bonds. The van der Waals surface area contributed by atoms with Crippen molar-refractivity contribution < 1.29 is 0 Å². The molecule has 0 saturated carbocycles. The van der Waals surface area contributed by atoms with Crippen LogP contribution in [0, 0.1) is 11.3 Å². The van der Waals surface area contributed by atoms with E-state index < -0.39 is 0 Å². The fraction of sp³-hybridized carbons (Fsp3) is 0.111. The number of benzene rings is 1. The van der Waals surface area contributed by atoms with E-state index in [-0.39, 0.29) is 0 Å². The molecule has 0 spiro atoms. The van der Waals surface area contributed by atoms with E-state index in [0.29, 0.717) is 5.69 Å². The van der Waals surface area contributed by atoms with E-state index in [1.165, 1.54) is 0 Å². The minimum absolute atomic E-state index is 0.577. The number of aromatic nitrogens is 2. The van der Waals surface area contributed by atoms with Crippen LogP contribution in [-0.2, 0) is 7.05 Å². The van der Waals surface area contributed by atoms with Gasteiger partial charge in [0, 0.05) is 21.4 Å². The Morgan fingerprint density at radius 3 is 2.64 bits per heavy atom. The third-order valence-corrected chi connectivity index (χ3v) is 3.83. The van der Waals surface area contributed by atoms with Crippen molar-refractivity contribution >= 4 is 42.8 Å². The molecule has 14 heavy (non-hydrogen) atoms. The van der Waals surface area contributed by atoms with Gasteiger partial charge in [-0.3, -0.25) is 4.68 Å². The summed E-state index contributed by atoms with van der Waals surface area (Å²) in [7, 11) is 1.76. The normalized spacial score (nSPS) is 10.4. The lowest BCUT2D eigenvalue weighted by Gasteiger charge is -1.94. The highest BCUT2D eigenvalue weighted by molar-refractivity contribution is 9.13. The average Bonchev–Trinajstić information content (AvgIpc) is 2.42. The largest absolute Gasteiger partial charge is 0.257 e. The van der Waals surface area contributed by atoms with E-state index in [1.54, 1.807) is 11.7 Å². The van der Waals surface area contributed by atoms with E-state index in [4.69, 9.17) is 5.26 Å². The first kappa shape index (κ1) is 9.69. The second-order valence-corrected chi connectivity index (χ2v) is 4.58. The highest BCUT2D eigenvalue weighted by Crippen LogP contribution is 2.29. The molecular weight excluding hydrogens is 310 g/mol. The van der Waals surface area contributed by atoms with E-state index in [2.05, 4.69) is 43.0 Å². The Kier molecular flexibility index (Phi) is 2.33. The summed E-state index contributed by atoms with van der Waals surface area (Å²) >= 11 is 6.79. The molecule has 0 aliphatic rings. The fourth-order valence-electron chi connectivity index (χ4n) is 1.33. The minimum atomic E-state index is 0.577. The van der Waals surface area contributed by atoms with Gasteiger partial charge in [-0.05, 0) is 44.0 Å². The molecule has 0 N–H and O–H groups in total. The van der Waals surface area contributed by atoms with Crippen LogP contribution in [0.1, 0.15) is 5.69 Å². The Labute approximate surface area is 97.6 Å². The monoisotopic (exact) mass is 313 g/mol. The standard InChI is InChI=1S/C9H5Br2N3/c1-14-9(4-12)5-2-6(10)7(11)3-8(5)13-14/h2-3H,1H3. The van der Waals surface area contributed by atoms with Crippen LogP contribution < -0.4 is 0 Å². The van der Waals surface area contributed by atoms with Crippen molar-refractivity contribution in [3.05, 3.63) is 26.8 Å². The van der Waals surface area contributed by atoms with Gasteiger partial charge in [-0.15, -0.1) is 0 Å². The molecule has 0 aliphatic heterocycles. The van der Waals surface area contributed by atoms with E-state index in [9.17, 15) is 0 Å². The molecule has 2 aromatic rings. The van der Waals surface area contributed by atoms with Crippen molar-refractivity contribution in [1.29, 1.82) is 5.26 Å². The molecule has 1 aromatic heterocycles. The number of halogens is 2. The Hall–Kier alpha value is -0.860. The summed E-state index contributed by atoms with van der Waals surface area (Å²) in [5, 5.41) is 14.0. The van der Waals surface area contributed by atoms with Crippen molar-refractivity contribution in [2.45, 2.75) is 0 Å². The lowest BCUT2D eigenvalue weighted by molar-refractivity contribution is 0.767. The van der Waals surface area contributed by atoms with Crippen molar-refractivity contribution in [1.82, 2.24) is 9.78 Å². The summed E-state index contributed by atoms with van der Waals surface area (Å²) in [6.07, 6.45) is 0. The van der Waals surface area contributed by atoms with Gasteiger partial charge in [0.25, 0.3) is 0 Å². The molecule has 1 heterocycles. The van der Waals surface area contributed by atoms with Crippen LogP contribution in [0.3, 0.4) is 0 Å². The number of hydrogen-bond donors (Lipinski definition) is 0. The van der Waals surface area contributed by atoms with Crippen LogP contribution in [0.25, 0.3) is 10.9 Å². The highest BCUT2D eigenvalue weighted by Gasteiger charge is 2.10. The van der Waals surface area contributed by atoms with E-state index in [0.717, 1.165) is 19.8 Å². The number of nitriles is 1. The zero-order valence-corrected chi connectivity index (χ0v) is 10.4. The molecule has 3 nitrogen and oxygen atoms in total. The predicted octanol–water partition coefficient (Wildman–Crippen LogP) is 2.97. The zero-order chi connectivity index (χ0) is 10.3. The van der Waals surface area contributed by atoms with Gasteiger partial charge in [0.2, 0.25) is 0 Å². The van der Waals surface area contributed by atoms with Crippen molar-refractivity contribution in [2.75, 3.05) is 0 Å². The summed E-state index contributed by atoms with van der Waals surface area (Å²) in [5.41, 5.74) is 1.40. The molecule has 0 radical (unpaired) electrons. The number of aryl methyl sites for hydroxylation is 1. The Morgan fingerprint density at radius 1 is 1.36 bits per heavy atom. The van der Waals surface area contributed by atoms with Crippen LogP contribution >= 0.6 is 31.9 Å². The van der Waals surface area contributed by atoms with Gasteiger partial charge in [-0.2, -0.15) is 10.4 Å². The van der Waals surface area contributed by atoms with Crippen LogP contribution in [0.15, 0.2) is 21.1 Å². The minimum Gasteiger partial charge on any atom is -0.257 e. The van der Waals surface area contributed by atoms with E-state index >= 15 is 0 Å². The van der Waals surface area contributed by atoms with E-state index in [1.807, 2.05) is 12.1 Å². The van der Waals surface area contributed by atoms with Gasteiger partial charge >= 0.3 is 0 Å². The molecule has 5 heteroatoms. The van der Waals surface area contributed by atoms with Crippen molar-refractivity contribution in [3.63, 3.8) is 0 Å². The predicted molar refractivity (Wildman–Crippen MR) is 60.8 cm³/mol. The van der Waals surface area contributed by atoms with Gasteiger partial charge in [-0.25, -0.2) is 0 Å². The first-order valence-electron chi connectivity index (χ1n) is 3.85. The van der Waals surface area contributed by atoms with Gasteiger partial charge in [0.05, 0.1) is 5.52 Å². The molecule has 2 rings (SSSR count). The number of hydrogen-bond acceptors (Lipinski definition) is 2. The van der Waals surface area contributed by atoms with Gasteiger partial charge < -0.3 is 0 Å². The number of rotatable bonds is 0. The zero-order valence-electron chi connectivity index (χ0n) is 7.25. The second-order valence-electron chi connectivity index (χ2n) is 2.87. The van der Waals surface area contributed by atoms with Crippen LogP contribution in [0.2, 0.25) is 0 Å². The molecule has 70 valence electrons. The van der Waals surface area contributed by atoms with Crippen LogP contribution in [0.5, 0.6) is 0 Å². The third kappa shape index (κ3) is 1.35. The summed E-state index contributed by atoms with van der Waals surface area (Å²) in [5.74, 6) is 0. The average molecular weight is 315 g/mol. The summed E-state index contributed by atoms with van der Waals surface area (Å²) in [4.78, 5) is 0. The maximum atomic E-state index is 8.93. The Bertz CT molecular complexity index is 551. The maximum Gasteiger partial charge on any atom is 0.146 e.